The number of amides is 1. The molecule has 1 aromatic carbocycles. The van der Waals surface area contributed by atoms with Crippen molar-refractivity contribution >= 4 is 16.8 Å². The minimum atomic E-state index is -0.263. The molecule has 5 heteroatoms. The van der Waals surface area contributed by atoms with Crippen LogP contribution in [0, 0.1) is 0 Å². The van der Waals surface area contributed by atoms with Gasteiger partial charge in [0.15, 0.2) is 5.76 Å². The van der Waals surface area contributed by atoms with Gasteiger partial charge < -0.3 is 14.4 Å². The van der Waals surface area contributed by atoms with Crippen LogP contribution in [0.15, 0.2) is 53.1 Å². The van der Waals surface area contributed by atoms with E-state index in [1.54, 1.807) is 32.4 Å². The predicted octanol–water partition coefficient (Wildman–Crippen LogP) is 2.95. The molecule has 0 saturated heterocycles. The lowest BCUT2D eigenvalue weighted by atomic mass is 10.0. The number of rotatable bonds is 4. The zero-order valence-electron chi connectivity index (χ0n) is 13.1. The fourth-order valence-corrected chi connectivity index (χ4v) is 2.42. The summed E-state index contributed by atoms with van der Waals surface area (Å²) in [7, 11) is 1.69. The van der Waals surface area contributed by atoms with Gasteiger partial charge in [-0.1, -0.05) is 18.2 Å². The second kappa shape index (κ2) is 6.22. The molecule has 0 fully saturated rings. The molecule has 1 atom stereocenters. The zero-order valence-corrected chi connectivity index (χ0v) is 13.1. The fourth-order valence-electron chi connectivity index (χ4n) is 2.42. The van der Waals surface area contributed by atoms with E-state index in [0.29, 0.717) is 17.0 Å². The van der Waals surface area contributed by atoms with E-state index in [-0.39, 0.29) is 18.6 Å². The highest BCUT2D eigenvalue weighted by Gasteiger charge is 2.21. The van der Waals surface area contributed by atoms with E-state index in [4.69, 9.17) is 4.42 Å². The molecular formula is C18H18N2O3. The molecule has 0 aliphatic rings. The largest absolute Gasteiger partial charge is 0.463 e. The summed E-state index contributed by atoms with van der Waals surface area (Å²) in [5.74, 6) is 0.459. The smallest absolute Gasteiger partial charge is 0.254 e. The average molecular weight is 310 g/mol. The number of benzene rings is 1. The molecule has 1 amide bonds. The van der Waals surface area contributed by atoms with Crippen molar-refractivity contribution < 1.29 is 14.3 Å². The maximum absolute atomic E-state index is 12.8. The maximum atomic E-state index is 12.8. The van der Waals surface area contributed by atoms with E-state index in [1.165, 1.54) is 4.90 Å². The van der Waals surface area contributed by atoms with Crippen molar-refractivity contribution in [1.82, 2.24) is 9.88 Å². The molecule has 0 radical (unpaired) electrons. The van der Waals surface area contributed by atoms with Gasteiger partial charge in [-0.15, -0.1) is 0 Å². The quantitative estimate of drug-likeness (QED) is 0.804. The van der Waals surface area contributed by atoms with Gasteiger partial charge in [0.25, 0.3) is 5.91 Å². The summed E-state index contributed by atoms with van der Waals surface area (Å²) >= 11 is 0. The van der Waals surface area contributed by atoms with Crippen LogP contribution < -0.4 is 0 Å². The summed E-state index contributed by atoms with van der Waals surface area (Å²) in [6.45, 7) is 1.71. The first-order valence-electron chi connectivity index (χ1n) is 7.43. The van der Waals surface area contributed by atoms with Crippen molar-refractivity contribution in [1.29, 1.82) is 0 Å². The number of para-hydroxylation sites is 1. The summed E-state index contributed by atoms with van der Waals surface area (Å²) in [5, 5.41) is 10.1. The lowest BCUT2D eigenvalue weighted by molar-refractivity contribution is 0.0684. The third-order valence-corrected chi connectivity index (χ3v) is 3.97. The van der Waals surface area contributed by atoms with Crippen LogP contribution in [0.4, 0.5) is 0 Å². The molecule has 0 spiro atoms. The Morgan fingerprint density at radius 1 is 1.30 bits per heavy atom. The van der Waals surface area contributed by atoms with Gasteiger partial charge in [0.1, 0.15) is 5.69 Å². The summed E-state index contributed by atoms with van der Waals surface area (Å²) < 4.78 is 5.40. The van der Waals surface area contributed by atoms with Crippen LogP contribution in [0.2, 0.25) is 0 Å². The lowest BCUT2D eigenvalue weighted by Crippen LogP contribution is -2.37. The maximum Gasteiger partial charge on any atom is 0.254 e. The molecular weight excluding hydrogens is 292 g/mol. The molecule has 0 bridgehead atoms. The van der Waals surface area contributed by atoms with Gasteiger partial charge in [0.05, 0.1) is 30.0 Å². The second-order valence-electron chi connectivity index (χ2n) is 5.50. The van der Waals surface area contributed by atoms with E-state index in [1.807, 2.05) is 30.3 Å². The van der Waals surface area contributed by atoms with Gasteiger partial charge in [-0.25, -0.2) is 4.98 Å². The summed E-state index contributed by atoms with van der Waals surface area (Å²) in [4.78, 5) is 18.9. The van der Waals surface area contributed by atoms with Crippen molar-refractivity contribution in [2.24, 2.45) is 0 Å². The Bertz CT molecular complexity index is 827. The number of fused-ring (bicyclic) bond motifs is 1. The number of aromatic nitrogens is 1. The highest BCUT2D eigenvalue weighted by molar-refractivity contribution is 6.07. The molecule has 0 aliphatic carbocycles. The molecule has 2 aromatic heterocycles. The predicted molar refractivity (Wildman–Crippen MR) is 88.1 cm³/mol. The van der Waals surface area contributed by atoms with Gasteiger partial charge in [-0.2, -0.15) is 0 Å². The number of aliphatic hydroxyl groups is 1. The molecule has 118 valence electrons. The highest BCUT2D eigenvalue weighted by atomic mass is 16.3. The Morgan fingerprint density at radius 3 is 2.78 bits per heavy atom. The molecule has 1 unspecified atom stereocenters. The van der Waals surface area contributed by atoms with Crippen LogP contribution in [0.3, 0.4) is 0 Å². The Labute approximate surface area is 134 Å². The molecule has 0 aliphatic heterocycles. The lowest BCUT2D eigenvalue weighted by Gasteiger charge is -2.24. The Hall–Kier alpha value is -2.66. The molecule has 1 N–H and O–H groups in total. The number of carbonyl (C=O) groups is 1. The third-order valence-electron chi connectivity index (χ3n) is 3.97. The Morgan fingerprint density at radius 2 is 2.09 bits per heavy atom. The van der Waals surface area contributed by atoms with Crippen LogP contribution in [-0.4, -0.2) is 40.6 Å². The molecule has 5 nitrogen and oxygen atoms in total. The van der Waals surface area contributed by atoms with Crippen LogP contribution in [-0.2, 0) is 0 Å². The highest BCUT2D eigenvalue weighted by Crippen LogP contribution is 2.26. The van der Waals surface area contributed by atoms with E-state index in [9.17, 15) is 9.90 Å². The molecule has 3 aromatic rings. The van der Waals surface area contributed by atoms with Gasteiger partial charge in [0, 0.05) is 12.4 Å². The molecule has 0 saturated carbocycles. The normalized spacial score (nSPS) is 12.3. The number of aliphatic hydroxyl groups excluding tert-OH is 1. The van der Waals surface area contributed by atoms with E-state index in [2.05, 4.69) is 4.98 Å². The first-order chi connectivity index (χ1) is 11.1. The summed E-state index contributed by atoms with van der Waals surface area (Å²) in [6.07, 6.45) is 1.58. The van der Waals surface area contributed by atoms with Crippen LogP contribution in [0.1, 0.15) is 17.3 Å². The SMILES string of the molecule is CC(CO)N(C)C(=O)c1cc(-c2ccco2)nc2ccccc12. The number of furan rings is 1. The number of pyridine rings is 1. The third kappa shape index (κ3) is 2.83. The first-order valence-corrected chi connectivity index (χ1v) is 7.43. The number of hydrogen-bond acceptors (Lipinski definition) is 4. The fraction of sp³-hybridized carbons (Fsp3) is 0.222. The standard InChI is InChI=1S/C18H18N2O3/c1-12(11-21)20(2)18(22)14-10-16(17-8-5-9-23-17)19-15-7-4-3-6-13(14)15/h3-10,12,21H,11H2,1-2H3. The molecule has 23 heavy (non-hydrogen) atoms. The minimum absolute atomic E-state index is 0.0870. The van der Waals surface area contributed by atoms with Crippen molar-refractivity contribution in [3.8, 4) is 11.5 Å². The number of nitrogens with zero attached hydrogens (tertiary/aromatic N) is 2. The van der Waals surface area contributed by atoms with Gasteiger partial charge >= 0.3 is 0 Å². The Kier molecular flexibility index (Phi) is 4.12. The topological polar surface area (TPSA) is 66.6 Å². The Balaban J connectivity index is 2.16. The molecule has 3 rings (SSSR count). The van der Waals surface area contributed by atoms with Crippen LogP contribution in [0.5, 0.6) is 0 Å². The van der Waals surface area contributed by atoms with Crippen LogP contribution >= 0.6 is 0 Å². The van der Waals surface area contributed by atoms with Crippen molar-refractivity contribution in [2.75, 3.05) is 13.7 Å². The first kappa shape index (κ1) is 15.2. The van der Waals surface area contributed by atoms with Crippen molar-refractivity contribution in [2.45, 2.75) is 13.0 Å². The zero-order chi connectivity index (χ0) is 16.4. The van der Waals surface area contributed by atoms with Crippen molar-refractivity contribution in [3.63, 3.8) is 0 Å². The van der Waals surface area contributed by atoms with E-state index >= 15 is 0 Å². The molecule has 2 heterocycles. The number of likely N-dealkylation sites (N-methyl/N-ethyl adjacent to an activating group) is 1. The average Bonchev–Trinajstić information content (AvgIpc) is 3.13. The summed E-state index contributed by atoms with van der Waals surface area (Å²) in [6, 6.07) is 12.6. The number of hydrogen-bond donors (Lipinski definition) is 1. The number of carbonyl (C=O) groups excluding carboxylic acids is 1. The summed E-state index contributed by atoms with van der Waals surface area (Å²) in [5.41, 5.74) is 1.89. The van der Waals surface area contributed by atoms with Gasteiger partial charge in [-0.05, 0) is 31.2 Å². The van der Waals surface area contributed by atoms with Crippen LogP contribution in [0.25, 0.3) is 22.4 Å². The second-order valence-corrected chi connectivity index (χ2v) is 5.50. The van der Waals surface area contributed by atoms with Crippen molar-refractivity contribution in [3.05, 3.63) is 54.3 Å². The minimum Gasteiger partial charge on any atom is -0.463 e. The van der Waals surface area contributed by atoms with E-state index in [0.717, 1.165) is 10.9 Å². The van der Waals surface area contributed by atoms with E-state index < -0.39 is 0 Å². The monoisotopic (exact) mass is 310 g/mol. The van der Waals surface area contributed by atoms with Gasteiger partial charge in [0.2, 0.25) is 0 Å². The van der Waals surface area contributed by atoms with Gasteiger partial charge in [-0.3, -0.25) is 4.79 Å².